The summed E-state index contributed by atoms with van der Waals surface area (Å²) >= 11 is 5.02. The molecule has 0 unspecified atom stereocenters. The Morgan fingerprint density at radius 1 is 0.967 bits per heavy atom. The van der Waals surface area contributed by atoms with E-state index in [1.54, 1.807) is 31.4 Å². The van der Waals surface area contributed by atoms with E-state index in [0.29, 0.717) is 30.3 Å². The topological polar surface area (TPSA) is 97.9 Å². The van der Waals surface area contributed by atoms with E-state index in [0.717, 1.165) is 11.1 Å². The minimum absolute atomic E-state index is 0.0414. The van der Waals surface area contributed by atoms with Gasteiger partial charge in [-0.05, 0) is 62.0 Å². The van der Waals surface area contributed by atoms with Crippen molar-refractivity contribution in [1.82, 2.24) is 16.2 Å². The van der Waals surface area contributed by atoms with Crippen molar-refractivity contribution in [3.63, 3.8) is 0 Å². The van der Waals surface area contributed by atoms with E-state index in [9.17, 15) is 9.59 Å². The van der Waals surface area contributed by atoms with Crippen LogP contribution < -0.4 is 25.6 Å². The lowest BCUT2D eigenvalue weighted by Gasteiger charge is -2.12. The number of hydrogen-bond donors (Lipinski definition) is 3. The van der Waals surface area contributed by atoms with E-state index >= 15 is 0 Å². The molecule has 2 aromatic carbocycles. The number of benzene rings is 2. The van der Waals surface area contributed by atoms with E-state index in [2.05, 4.69) is 16.2 Å². The van der Waals surface area contributed by atoms with Crippen molar-refractivity contribution in [1.29, 1.82) is 0 Å². The molecule has 0 spiro atoms. The number of carbonyl (C=O) groups is 2. The molecule has 0 aliphatic rings. The molecule has 0 bridgehead atoms. The van der Waals surface area contributed by atoms with E-state index < -0.39 is 11.8 Å². The Kier molecular flexibility index (Phi) is 9.04. The monoisotopic (exact) mass is 431 g/mol. The predicted molar refractivity (Wildman–Crippen MR) is 117 cm³/mol. The van der Waals surface area contributed by atoms with Gasteiger partial charge in [0.25, 0.3) is 11.8 Å². The molecule has 0 fully saturated rings. The number of ether oxygens (including phenoxy) is 3. The first kappa shape index (κ1) is 23.1. The molecular formula is C21H25N3O5S. The number of carbonyl (C=O) groups excluding carboxylic acids is 2. The van der Waals surface area contributed by atoms with Crippen molar-refractivity contribution in [3.05, 3.63) is 59.2 Å². The fourth-order valence-electron chi connectivity index (χ4n) is 2.42. The van der Waals surface area contributed by atoms with Gasteiger partial charge in [0.15, 0.2) is 11.7 Å². The van der Waals surface area contributed by atoms with Crippen LogP contribution in [0.15, 0.2) is 42.5 Å². The first-order valence-electron chi connectivity index (χ1n) is 9.21. The molecule has 0 aliphatic heterocycles. The van der Waals surface area contributed by atoms with Crippen LogP contribution in [0, 0.1) is 13.8 Å². The summed E-state index contributed by atoms with van der Waals surface area (Å²) in [6.45, 7) is 4.58. The molecule has 0 saturated carbocycles. The minimum atomic E-state index is -0.441. The number of hydrogen-bond acceptors (Lipinski definition) is 6. The van der Waals surface area contributed by atoms with Crippen LogP contribution in [0.2, 0.25) is 0 Å². The van der Waals surface area contributed by atoms with Gasteiger partial charge in [-0.3, -0.25) is 25.8 Å². The van der Waals surface area contributed by atoms with Crippen molar-refractivity contribution in [2.24, 2.45) is 0 Å². The maximum atomic E-state index is 12.2. The van der Waals surface area contributed by atoms with Crippen molar-refractivity contribution in [3.8, 4) is 11.5 Å². The van der Waals surface area contributed by atoms with Gasteiger partial charge in [-0.15, -0.1) is 0 Å². The zero-order chi connectivity index (χ0) is 21.9. The normalized spacial score (nSPS) is 10.1. The summed E-state index contributed by atoms with van der Waals surface area (Å²) in [7, 11) is 1.59. The third-order valence-electron chi connectivity index (χ3n) is 3.90. The fourth-order valence-corrected chi connectivity index (χ4v) is 2.56. The molecule has 2 rings (SSSR count). The Labute approximate surface area is 180 Å². The van der Waals surface area contributed by atoms with E-state index in [1.165, 1.54) is 0 Å². The SMILES string of the molecule is COCCOc1ccc(C(=O)NC(=S)NNC(=O)COc2ccc(C)cc2C)cc1. The molecule has 8 nitrogen and oxygen atoms in total. The van der Waals surface area contributed by atoms with Gasteiger partial charge in [0, 0.05) is 12.7 Å². The van der Waals surface area contributed by atoms with E-state index in [1.807, 2.05) is 32.0 Å². The van der Waals surface area contributed by atoms with E-state index in [4.69, 9.17) is 26.4 Å². The number of rotatable bonds is 8. The van der Waals surface area contributed by atoms with Gasteiger partial charge in [-0.2, -0.15) is 0 Å². The Bertz CT molecular complexity index is 887. The standard InChI is InChI=1S/C21H25N3O5S/c1-14-4-9-18(15(2)12-14)29-13-19(25)23-24-21(30)22-20(26)16-5-7-17(8-6-16)28-11-10-27-3/h4-9,12H,10-11,13H2,1-3H3,(H,23,25)(H2,22,24,26,30). The average Bonchev–Trinajstić information content (AvgIpc) is 2.72. The second kappa shape index (κ2) is 11.7. The summed E-state index contributed by atoms with van der Waals surface area (Å²) in [6, 6.07) is 12.2. The highest BCUT2D eigenvalue weighted by molar-refractivity contribution is 7.80. The Hall–Kier alpha value is -3.17. The molecule has 0 saturated heterocycles. The quantitative estimate of drug-likeness (QED) is 0.334. The van der Waals surface area contributed by atoms with Crippen molar-refractivity contribution >= 4 is 29.1 Å². The highest BCUT2D eigenvalue weighted by Crippen LogP contribution is 2.18. The first-order chi connectivity index (χ1) is 14.4. The third kappa shape index (κ3) is 7.69. The minimum Gasteiger partial charge on any atom is -0.491 e. The fraction of sp³-hybridized carbons (Fsp3) is 0.286. The lowest BCUT2D eigenvalue weighted by molar-refractivity contribution is -0.123. The average molecular weight is 432 g/mol. The molecule has 0 heterocycles. The van der Waals surface area contributed by atoms with Crippen molar-refractivity contribution < 1.29 is 23.8 Å². The summed E-state index contributed by atoms with van der Waals surface area (Å²) in [5, 5.41) is 2.44. The molecule has 9 heteroatoms. The maximum Gasteiger partial charge on any atom is 0.276 e. The lowest BCUT2D eigenvalue weighted by atomic mass is 10.1. The zero-order valence-electron chi connectivity index (χ0n) is 17.1. The molecule has 160 valence electrons. The smallest absolute Gasteiger partial charge is 0.276 e. The predicted octanol–water partition coefficient (Wildman–Crippen LogP) is 2.04. The number of amides is 2. The number of thiocarbonyl (C=S) groups is 1. The van der Waals surface area contributed by atoms with Crippen LogP contribution in [-0.2, 0) is 9.53 Å². The van der Waals surface area contributed by atoms with E-state index in [-0.39, 0.29) is 11.7 Å². The van der Waals surface area contributed by atoms with Crippen LogP contribution in [0.1, 0.15) is 21.5 Å². The van der Waals surface area contributed by atoms with Crippen LogP contribution in [0.4, 0.5) is 0 Å². The maximum absolute atomic E-state index is 12.2. The molecular weight excluding hydrogens is 406 g/mol. The molecule has 0 aromatic heterocycles. The largest absolute Gasteiger partial charge is 0.491 e. The number of nitrogens with one attached hydrogen (secondary N) is 3. The first-order valence-corrected chi connectivity index (χ1v) is 9.62. The Balaban J connectivity index is 1.72. The Morgan fingerprint density at radius 3 is 2.37 bits per heavy atom. The number of methoxy groups -OCH3 is 1. The van der Waals surface area contributed by atoms with Gasteiger partial charge in [0.05, 0.1) is 6.61 Å². The molecule has 0 radical (unpaired) electrons. The Morgan fingerprint density at radius 2 is 1.70 bits per heavy atom. The van der Waals surface area contributed by atoms with Gasteiger partial charge < -0.3 is 14.2 Å². The molecule has 0 atom stereocenters. The van der Waals surface area contributed by atoms with Crippen molar-refractivity contribution in [2.75, 3.05) is 26.9 Å². The van der Waals surface area contributed by atoms with Crippen LogP contribution >= 0.6 is 12.2 Å². The van der Waals surface area contributed by atoms with Crippen LogP contribution in [-0.4, -0.2) is 43.9 Å². The number of hydrazine groups is 1. The van der Waals surface area contributed by atoms with Crippen LogP contribution in [0.5, 0.6) is 11.5 Å². The summed E-state index contributed by atoms with van der Waals surface area (Å²) in [5.74, 6) is 0.391. The highest BCUT2D eigenvalue weighted by Gasteiger charge is 2.10. The zero-order valence-corrected chi connectivity index (χ0v) is 17.9. The summed E-state index contributed by atoms with van der Waals surface area (Å²) in [5.41, 5.74) is 7.29. The molecule has 0 aliphatic carbocycles. The number of aryl methyl sites for hydroxylation is 2. The molecule has 3 N–H and O–H groups in total. The molecule has 30 heavy (non-hydrogen) atoms. The van der Waals surface area contributed by atoms with Gasteiger partial charge in [-0.1, -0.05) is 17.7 Å². The molecule has 2 amide bonds. The second-order valence-corrected chi connectivity index (χ2v) is 6.79. The second-order valence-electron chi connectivity index (χ2n) is 6.38. The van der Waals surface area contributed by atoms with Crippen molar-refractivity contribution in [2.45, 2.75) is 13.8 Å². The third-order valence-corrected chi connectivity index (χ3v) is 4.11. The van der Waals surface area contributed by atoms with Crippen LogP contribution in [0.25, 0.3) is 0 Å². The van der Waals surface area contributed by atoms with Gasteiger partial charge >= 0.3 is 0 Å². The van der Waals surface area contributed by atoms with Gasteiger partial charge in [0.1, 0.15) is 18.1 Å². The lowest BCUT2D eigenvalue weighted by Crippen LogP contribution is -2.49. The van der Waals surface area contributed by atoms with Crippen LogP contribution in [0.3, 0.4) is 0 Å². The van der Waals surface area contributed by atoms with Gasteiger partial charge in [-0.25, -0.2) is 0 Å². The van der Waals surface area contributed by atoms with Gasteiger partial charge in [0.2, 0.25) is 0 Å². The summed E-state index contributed by atoms with van der Waals surface area (Å²) in [6.07, 6.45) is 0. The summed E-state index contributed by atoms with van der Waals surface area (Å²) in [4.78, 5) is 24.1. The summed E-state index contributed by atoms with van der Waals surface area (Å²) < 4.78 is 15.8. The highest BCUT2D eigenvalue weighted by atomic mass is 32.1. The molecule has 2 aromatic rings.